The van der Waals surface area contributed by atoms with Crippen molar-refractivity contribution >= 4 is 0 Å². The van der Waals surface area contributed by atoms with E-state index in [1.54, 1.807) is 0 Å². The van der Waals surface area contributed by atoms with Crippen LogP contribution in [0, 0.1) is 0 Å². The van der Waals surface area contributed by atoms with Crippen molar-refractivity contribution in [3.05, 3.63) is 0 Å². The van der Waals surface area contributed by atoms with Crippen molar-refractivity contribution in [1.29, 1.82) is 0 Å². The molecular weight excluding hydrogens is 112 g/mol. The van der Waals surface area contributed by atoms with Gasteiger partial charge in [-0.25, -0.2) is 0 Å². The van der Waals surface area contributed by atoms with Crippen LogP contribution in [0.3, 0.4) is 0 Å². The molecule has 2 atom stereocenters. The van der Waals surface area contributed by atoms with Crippen LogP contribution >= 0.6 is 0 Å². The van der Waals surface area contributed by atoms with Crippen LogP contribution in [0.5, 0.6) is 0 Å². The molecule has 0 aromatic heterocycles. The second-order valence-electron chi connectivity index (χ2n) is 1.47. The lowest BCUT2D eigenvalue weighted by molar-refractivity contribution is -0.0534. The lowest BCUT2D eigenvalue weighted by atomic mass is 10.3. The minimum Gasteiger partial charge on any atom is -0.385 e. The molecule has 0 radical (unpaired) electrons. The van der Waals surface area contributed by atoms with Gasteiger partial charge in [0, 0.05) is 0 Å². The van der Waals surface area contributed by atoms with Crippen molar-refractivity contribution in [2.75, 3.05) is 0 Å². The SMILES string of the molecule is NC(O)C(O)C(N)O. The van der Waals surface area contributed by atoms with Gasteiger partial charge in [-0.1, -0.05) is 0 Å². The summed E-state index contributed by atoms with van der Waals surface area (Å²) >= 11 is 0. The Morgan fingerprint density at radius 1 is 0.875 bits per heavy atom. The Morgan fingerprint density at radius 2 is 1.12 bits per heavy atom. The zero-order valence-corrected chi connectivity index (χ0v) is 4.23. The second kappa shape index (κ2) is 2.95. The first-order valence-corrected chi connectivity index (χ1v) is 2.11. The number of hydrogen-bond acceptors (Lipinski definition) is 5. The van der Waals surface area contributed by atoms with Crippen LogP contribution < -0.4 is 11.5 Å². The summed E-state index contributed by atoms with van der Waals surface area (Å²) in [6, 6.07) is 0. The van der Waals surface area contributed by atoms with Crippen molar-refractivity contribution in [3.8, 4) is 0 Å². The normalized spacial score (nSPS) is 22.1. The van der Waals surface area contributed by atoms with Gasteiger partial charge in [-0.3, -0.25) is 0 Å². The fraction of sp³-hybridized carbons (Fsp3) is 1.00. The predicted octanol–water partition coefficient (Wildman–Crippen LogP) is -3.10. The molecule has 0 aliphatic heterocycles. The van der Waals surface area contributed by atoms with E-state index in [2.05, 4.69) is 0 Å². The lowest BCUT2D eigenvalue weighted by Gasteiger charge is -2.14. The molecule has 5 heteroatoms. The van der Waals surface area contributed by atoms with E-state index in [1.165, 1.54) is 0 Å². The highest BCUT2D eigenvalue weighted by Crippen LogP contribution is 1.86. The number of aliphatic hydroxyl groups excluding tert-OH is 3. The Hall–Kier alpha value is -0.200. The highest BCUT2D eigenvalue weighted by molar-refractivity contribution is 4.64. The summed E-state index contributed by atoms with van der Waals surface area (Å²) in [6.45, 7) is 0. The van der Waals surface area contributed by atoms with Gasteiger partial charge in [0.25, 0.3) is 0 Å². The molecule has 2 unspecified atom stereocenters. The molecule has 7 N–H and O–H groups in total. The predicted molar refractivity (Wildman–Crippen MR) is 26.4 cm³/mol. The molecule has 0 amide bonds. The van der Waals surface area contributed by atoms with Crippen LogP contribution in [0.2, 0.25) is 0 Å². The van der Waals surface area contributed by atoms with Gasteiger partial charge in [0.15, 0.2) is 0 Å². The van der Waals surface area contributed by atoms with E-state index in [4.69, 9.17) is 26.8 Å². The lowest BCUT2D eigenvalue weighted by Crippen LogP contribution is -2.46. The summed E-state index contributed by atoms with van der Waals surface area (Å²) in [6.07, 6.45) is -4.42. The van der Waals surface area contributed by atoms with Gasteiger partial charge in [0.1, 0.15) is 18.6 Å². The summed E-state index contributed by atoms with van der Waals surface area (Å²) in [5.74, 6) is 0. The molecule has 0 rings (SSSR count). The molecule has 0 saturated carbocycles. The largest absolute Gasteiger partial charge is 0.385 e. The van der Waals surface area contributed by atoms with Gasteiger partial charge in [-0.2, -0.15) is 0 Å². The van der Waals surface area contributed by atoms with Crippen molar-refractivity contribution in [1.82, 2.24) is 0 Å². The molecule has 0 aliphatic carbocycles. The summed E-state index contributed by atoms with van der Waals surface area (Å²) in [5.41, 5.74) is 9.40. The Balaban J connectivity index is 3.46. The zero-order valence-electron chi connectivity index (χ0n) is 4.23. The third-order valence-electron chi connectivity index (χ3n) is 0.700. The van der Waals surface area contributed by atoms with Crippen LogP contribution in [0.25, 0.3) is 0 Å². The molecular formula is C3H10N2O3. The summed E-state index contributed by atoms with van der Waals surface area (Å²) in [5, 5.41) is 25.0. The molecule has 0 aromatic carbocycles. The highest BCUT2D eigenvalue weighted by atomic mass is 16.4. The molecule has 8 heavy (non-hydrogen) atoms. The summed E-state index contributed by atoms with van der Waals surface area (Å²) < 4.78 is 0. The van der Waals surface area contributed by atoms with Gasteiger partial charge >= 0.3 is 0 Å². The fourth-order valence-electron chi connectivity index (χ4n) is 0.202. The molecule has 0 aliphatic rings. The van der Waals surface area contributed by atoms with E-state index >= 15 is 0 Å². The van der Waals surface area contributed by atoms with Crippen LogP contribution in [-0.4, -0.2) is 33.9 Å². The minimum absolute atomic E-state index is 1.46. The Bertz CT molecular complexity index is 57.5. The smallest absolute Gasteiger partial charge is 0.132 e. The summed E-state index contributed by atoms with van der Waals surface area (Å²) in [4.78, 5) is 0. The topological polar surface area (TPSA) is 113 Å². The van der Waals surface area contributed by atoms with Gasteiger partial charge in [-0.05, 0) is 0 Å². The van der Waals surface area contributed by atoms with Gasteiger partial charge < -0.3 is 26.8 Å². The molecule has 50 valence electrons. The maximum absolute atomic E-state index is 8.45. The van der Waals surface area contributed by atoms with Crippen molar-refractivity contribution in [2.45, 2.75) is 18.6 Å². The monoisotopic (exact) mass is 122 g/mol. The van der Waals surface area contributed by atoms with Gasteiger partial charge in [-0.15, -0.1) is 0 Å². The highest BCUT2D eigenvalue weighted by Gasteiger charge is 2.16. The third-order valence-corrected chi connectivity index (χ3v) is 0.700. The van der Waals surface area contributed by atoms with Crippen LogP contribution in [0.15, 0.2) is 0 Å². The average Bonchev–Trinajstić information content (AvgIpc) is 1.64. The van der Waals surface area contributed by atoms with E-state index in [1.807, 2.05) is 0 Å². The Kier molecular flexibility index (Phi) is 2.88. The first-order chi connectivity index (χ1) is 3.55. The number of nitrogens with two attached hydrogens (primary N) is 2. The quantitative estimate of drug-likeness (QED) is 0.249. The molecule has 0 saturated heterocycles. The molecule has 0 fully saturated rings. The van der Waals surface area contributed by atoms with E-state index in [0.29, 0.717) is 0 Å². The Labute approximate surface area is 46.5 Å². The summed E-state index contributed by atoms with van der Waals surface area (Å²) in [7, 11) is 0. The zero-order chi connectivity index (χ0) is 6.73. The molecule has 0 aromatic rings. The maximum Gasteiger partial charge on any atom is 0.132 e. The van der Waals surface area contributed by atoms with E-state index in [0.717, 1.165) is 0 Å². The molecule has 5 nitrogen and oxygen atoms in total. The standard InChI is InChI=1S/C3H10N2O3/c4-2(7)1(6)3(5)8/h1-3,6-8H,4-5H2. The fourth-order valence-corrected chi connectivity index (χ4v) is 0.202. The van der Waals surface area contributed by atoms with Gasteiger partial charge in [0.2, 0.25) is 0 Å². The number of rotatable bonds is 2. The van der Waals surface area contributed by atoms with Crippen molar-refractivity contribution in [3.63, 3.8) is 0 Å². The van der Waals surface area contributed by atoms with Crippen LogP contribution in [-0.2, 0) is 0 Å². The number of hydrogen-bond donors (Lipinski definition) is 5. The Morgan fingerprint density at radius 3 is 1.12 bits per heavy atom. The average molecular weight is 122 g/mol. The van der Waals surface area contributed by atoms with Crippen LogP contribution in [0.1, 0.15) is 0 Å². The van der Waals surface area contributed by atoms with Crippen molar-refractivity contribution in [2.24, 2.45) is 11.5 Å². The van der Waals surface area contributed by atoms with Gasteiger partial charge in [0.05, 0.1) is 0 Å². The maximum atomic E-state index is 8.45. The molecule has 0 heterocycles. The first-order valence-electron chi connectivity index (χ1n) is 2.11. The first kappa shape index (κ1) is 7.80. The minimum atomic E-state index is -1.48. The second-order valence-corrected chi connectivity index (χ2v) is 1.47. The molecule has 0 spiro atoms. The third kappa shape index (κ3) is 2.20. The van der Waals surface area contributed by atoms with Crippen molar-refractivity contribution < 1.29 is 15.3 Å². The van der Waals surface area contributed by atoms with E-state index < -0.39 is 18.6 Å². The number of aliphatic hydroxyl groups is 3. The van der Waals surface area contributed by atoms with E-state index in [9.17, 15) is 0 Å². The molecule has 0 bridgehead atoms. The van der Waals surface area contributed by atoms with Crippen LogP contribution in [0.4, 0.5) is 0 Å². The van der Waals surface area contributed by atoms with E-state index in [-0.39, 0.29) is 0 Å².